The summed E-state index contributed by atoms with van der Waals surface area (Å²) in [4.78, 5) is 12.6. The lowest BCUT2D eigenvalue weighted by Gasteiger charge is -2.52. The number of carbonyl (C=O) groups excluding carboxylic acids is 1. The van der Waals surface area contributed by atoms with E-state index in [2.05, 4.69) is 20.9 Å². The average Bonchev–Trinajstić information content (AvgIpc) is 3.41. The van der Waals surface area contributed by atoms with Crippen molar-refractivity contribution in [3.8, 4) is 0 Å². The largest absolute Gasteiger partial charge is 0.442 e. The van der Waals surface area contributed by atoms with Crippen molar-refractivity contribution < 1.29 is 18.0 Å². The van der Waals surface area contributed by atoms with Gasteiger partial charge in [0.25, 0.3) is 5.91 Å². The Hall–Kier alpha value is -1.96. The molecule has 0 bridgehead atoms. The molecular weight excluding hydrogens is 333 g/mol. The van der Waals surface area contributed by atoms with Crippen LogP contribution in [0.1, 0.15) is 41.6 Å². The van der Waals surface area contributed by atoms with Crippen LogP contribution < -0.4 is 10.6 Å². The molecule has 134 valence electrons. The Morgan fingerprint density at radius 2 is 1.92 bits per heavy atom. The van der Waals surface area contributed by atoms with Crippen LogP contribution in [0, 0.1) is 5.41 Å². The molecule has 8 heteroatoms. The van der Waals surface area contributed by atoms with Crippen molar-refractivity contribution in [2.45, 2.75) is 43.6 Å². The van der Waals surface area contributed by atoms with Gasteiger partial charge in [-0.1, -0.05) is 12.1 Å². The quantitative estimate of drug-likeness (QED) is 0.878. The minimum Gasteiger partial charge on any atom is -0.349 e. The van der Waals surface area contributed by atoms with E-state index in [0.717, 1.165) is 38.8 Å². The van der Waals surface area contributed by atoms with Gasteiger partial charge in [0.15, 0.2) is 0 Å². The molecule has 0 radical (unpaired) electrons. The molecule has 2 N–H and O–H groups in total. The Labute approximate surface area is 143 Å². The molecule has 1 saturated carbocycles. The van der Waals surface area contributed by atoms with Crippen LogP contribution in [0.15, 0.2) is 34.5 Å². The highest BCUT2D eigenvalue weighted by atomic mass is 19.4. The Morgan fingerprint density at radius 1 is 1.20 bits per heavy atom. The summed E-state index contributed by atoms with van der Waals surface area (Å²) in [6.07, 6.45) is -0.535. The summed E-state index contributed by atoms with van der Waals surface area (Å²) in [5.74, 6) is -0.331. The fourth-order valence-electron chi connectivity index (χ4n) is 4.01. The number of rotatable bonds is 3. The van der Waals surface area contributed by atoms with E-state index in [1.165, 1.54) is 24.3 Å². The lowest BCUT2D eigenvalue weighted by atomic mass is 9.59. The standard InChI is InChI=1S/C17H19F3N4O/c18-17(19,20)16(23-24-16)12-3-1-2-11(10-12)14(25)22-13-4-5-15(13)6-8-21-9-7-15/h1-3,10,13,21H,4-9H2,(H,22,25). The predicted molar refractivity (Wildman–Crippen MR) is 84.1 cm³/mol. The number of alkyl halides is 3. The Morgan fingerprint density at radius 3 is 2.48 bits per heavy atom. The van der Waals surface area contributed by atoms with Crippen LogP contribution >= 0.6 is 0 Å². The van der Waals surface area contributed by atoms with Gasteiger partial charge in [-0.05, 0) is 56.3 Å². The van der Waals surface area contributed by atoms with Gasteiger partial charge in [-0.2, -0.15) is 13.2 Å². The average molecular weight is 352 g/mol. The van der Waals surface area contributed by atoms with Gasteiger partial charge in [0.05, 0.1) is 0 Å². The number of hydrogen-bond acceptors (Lipinski definition) is 4. The summed E-state index contributed by atoms with van der Waals surface area (Å²) in [6, 6.07) is 5.62. The number of nitrogens with zero attached hydrogens (tertiary/aromatic N) is 2. The Kier molecular flexibility index (Phi) is 3.64. The zero-order chi connectivity index (χ0) is 17.7. The third-order valence-electron chi connectivity index (χ3n) is 5.80. The second kappa shape index (κ2) is 5.52. The van der Waals surface area contributed by atoms with E-state index in [1.807, 2.05) is 0 Å². The topological polar surface area (TPSA) is 65.8 Å². The maximum absolute atomic E-state index is 13.1. The molecule has 1 aromatic carbocycles. The van der Waals surface area contributed by atoms with Crippen LogP contribution in [-0.2, 0) is 5.66 Å². The molecule has 0 aromatic heterocycles. The number of nitrogens with one attached hydrogen (secondary N) is 2. The van der Waals surface area contributed by atoms with Crippen molar-refractivity contribution in [2.75, 3.05) is 13.1 Å². The third kappa shape index (κ3) is 2.63. The fraction of sp³-hybridized carbons (Fsp3) is 0.588. The summed E-state index contributed by atoms with van der Waals surface area (Å²) in [7, 11) is 0. The molecule has 1 spiro atoms. The van der Waals surface area contributed by atoms with E-state index in [9.17, 15) is 18.0 Å². The molecular formula is C17H19F3N4O. The second-order valence-corrected chi connectivity index (χ2v) is 7.13. The monoisotopic (exact) mass is 352 g/mol. The SMILES string of the molecule is O=C(NC1CCC12CCNCC2)c1cccc(C2(C(F)(F)F)N=N2)c1. The number of hydrogen-bond donors (Lipinski definition) is 2. The zero-order valence-corrected chi connectivity index (χ0v) is 13.6. The Balaban J connectivity index is 1.49. The molecule has 2 heterocycles. The van der Waals surface area contributed by atoms with Gasteiger partial charge < -0.3 is 10.6 Å². The summed E-state index contributed by atoms with van der Waals surface area (Å²) in [6.45, 7) is 1.89. The molecule has 2 aliphatic heterocycles. The molecule has 1 unspecified atom stereocenters. The molecule has 1 aliphatic carbocycles. The van der Waals surface area contributed by atoms with Crippen LogP contribution in [0.4, 0.5) is 13.2 Å². The number of amides is 1. The van der Waals surface area contributed by atoms with Crippen molar-refractivity contribution in [3.05, 3.63) is 35.4 Å². The smallest absolute Gasteiger partial charge is 0.349 e. The lowest BCUT2D eigenvalue weighted by molar-refractivity contribution is -0.166. The highest BCUT2D eigenvalue weighted by Gasteiger charge is 2.65. The van der Waals surface area contributed by atoms with Crippen LogP contribution in [0.3, 0.4) is 0 Å². The van der Waals surface area contributed by atoms with Gasteiger partial charge >= 0.3 is 11.8 Å². The van der Waals surface area contributed by atoms with E-state index in [4.69, 9.17) is 0 Å². The molecule has 1 amide bonds. The van der Waals surface area contributed by atoms with Crippen molar-refractivity contribution in [2.24, 2.45) is 15.6 Å². The van der Waals surface area contributed by atoms with Gasteiger partial charge in [-0.25, -0.2) is 0 Å². The first-order chi connectivity index (χ1) is 11.9. The molecule has 1 saturated heterocycles. The van der Waals surface area contributed by atoms with Crippen LogP contribution in [0.25, 0.3) is 0 Å². The van der Waals surface area contributed by atoms with E-state index in [0.29, 0.717) is 0 Å². The van der Waals surface area contributed by atoms with Crippen molar-refractivity contribution in [3.63, 3.8) is 0 Å². The molecule has 4 rings (SSSR count). The number of carbonyl (C=O) groups is 1. The summed E-state index contributed by atoms with van der Waals surface area (Å²) >= 11 is 0. The van der Waals surface area contributed by atoms with Crippen LogP contribution in [0.2, 0.25) is 0 Å². The molecule has 3 aliphatic rings. The minimum absolute atomic E-state index is 0.0950. The maximum atomic E-state index is 13.1. The van der Waals surface area contributed by atoms with E-state index in [1.54, 1.807) is 0 Å². The van der Waals surface area contributed by atoms with E-state index >= 15 is 0 Å². The van der Waals surface area contributed by atoms with Crippen LogP contribution in [-0.4, -0.2) is 31.2 Å². The van der Waals surface area contributed by atoms with Gasteiger partial charge in [0.1, 0.15) is 0 Å². The minimum atomic E-state index is -4.59. The summed E-state index contributed by atoms with van der Waals surface area (Å²) < 4.78 is 39.4. The fourth-order valence-corrected chi connectivity index (χ4v) is 4.01. The van der Waals surface area contributed by atoms with Crippen LogP contribution in [0.5, 0.6) is 0 Å². The number of piperidine rings is 1. The highest BCUT2D eigenvalue weighted by molar-refractivity contribution is 5.94. The zero-order valence-electron chi connectivity index (χ0n) is 13.6. The highest BCUT2D eigenvalue weighted by Crippen LogP contribution is 2.52. The van der Waals surface area contributed by atoms with Gasteiger partial charge in [0, 0.05) is 17.2 Å². The van der Waals surface area contributed by atoms with Crippen molar-refractivity contribution in [1.82, 2.24) is 10.6 Å². The van der Waals surface area contributed by atoms with Crippen molar-refractivity contribution in [1.29, 1.82) is 0 Å². The first kappa shape index (κ1) is 16.5. The van der Waals surface area contributed by atoms with E-state index in [-0.39, 0.29) is 28.5 Å². The number of halogens is 3. The van der Waals surface area contributed by atoms with E-state index < -0.39 is 11.8 Å². The van der Waals surface area contributed by atoms with Gasteiger partial charge in [-0.3, -0.25) is 4.79 Å². The molecule has 1 aromatic rings. The van der Waals surface area contributed by atoms with Crippen molar-refractivity contribution >= 4 is 5.91 Å². The molecule has 2 fully saturated rings. The summed E-state index contributed by atoms with van der Waals surface area (Å²) in [5.41, 5.74) is -2.24. The molecule has 25 heavy (non-hydrogen) atoms. The normalized spacial score (nSPS) is 26.1. The predicted octanol–water partition coefficient (Wildman–Crippen LogP) is 3.13. The van der Waals surface area contributed by atoms with Gasteiger partial charge in [-0.15, -0.1) is 10.2 Å². The third-order valence-corrected chi connectivity index (χ3v) is 5.80. The molecule has 1 atom stereocenters. The Bertz CT molecular complexity index is 719. The lowest BCUT2D eigenvalue weighted by Crippen LogP contribution is -2.58. The first-order valence-electron chi connectivity index (χ1n) is 8.49. The summed E-state index contributed by atoms with van der Waals surface area (Å²) in [5, 5.41) is 12.7. The maximum Gasteiger partial charge on any atom is 0.442 e. The number of benzene rings is 1. The van der Waals surface area contributed by atoms with Gasteiger partial charge in [0.2, 0.25) is 0 Å². The molecule has 5 nitrogen and oxygen atoms in total. The second-order valence-electron chi connectivity index (χ2n) is 7.13. The first-order valence-corrected chi connectivity index (χ1v) is 8.49.